The third kappa shape index (κ3) is 9.39. The first kappa shape index (κ1) is 67.2. The van der Waals surface area contributed by atoms with Gasteiger partial charge in [-0.2, -0.15) is 0 Å². The lowest BCUT2D eigenvalue weighted by Crippen LogP contribution is -2.15. The molecule has 120 heavy (non-hydrogen) atoms. The summed E-state index contributed by atoms with van der Waals surface area (Å²) >= 11 is 0. The molecule has 0 atom stereocenters. The molecule has 2 aliphatic rings. The van der Waals surface area contributed by atoms with Crippen LogP contribution in [0, 0.1) is 0 Å². The molecule has 0 saturated carbocycles. The lowest BCUT2D eigenvalue weighted by Gasteiger charge is -2.23. The molecule has 0 bridgehead atoms. The summed E-state index contributed by atoms with van der Waals surface area (Å²) in [7, 11) is 0. The minimum Gasteiger partial charge on any atom is -0.456 e. The van der Waals surface area contributed by atoms with Crippen molar-refractivity contribution in [3.63, 3.8) is 0 Å². The molecule has 0 unspecified atom stereocenters. The molecule has 2 nitrogen and oxygen atoms in total. The molecule has 0 saturated heterocycles. The second-order valence-electron chi connectivity index (χ2n) is 34.6. The number of fused-ring (bicyclic) bond motifs is 25. The van der Waals surface area contributed by atoms with E-state index in [1.165, 1.54) is 202 Å². The van der Waals surface area contributed by atoms with Gasteiger partial charge in [0, 0.05) is 37.9 Å². The van der Waals surface area contributed by atoms with Crippen LogP contribution in [0.15, 0.2) is 385 Å². The van der Waals surface area contributed by atoms with Gasteiger partial charge in [0.1, 0.15) is 22.3 Å². The van der Waals surface area contributed by atoms with Crippen molar-refractivity contribution in [3.05, 3.63) is 398 Å². The fourth-order valence-corrected chi connectivity index (χ4v) is 22.3. The Morgan fingerprint density at radius 1 is 0.175 bits per heavy atom. The van der Waals surface area contributed by atoms with Gasteiger partial charge in [-0.05, 0) is 279 Å². The molecular weight excluding hydrogens is 1450 g/mol. The quantitative estimate of drug-likeness (QED) is 0.149. The second-order valence-corrected chi connectivity index (χ2v) is 34.6. The van der Waals surface area contributed by atoms with Gasteiger partial charge in [0.2, 0.25) is 0 Å². The lowest BCUT2D eigenvalue weighted by atomic mass is 9.80. The van der Waals surface area contributed by atoms with E-state index < -0.39 is 0 Å². The third-order valence-corrected chi connectivity index (χ3v) is 27.8. The summed E-state index contributed by atoms with van der Waals surface area (Å²) in [5.74, 6) is 0. The molecule has 2 heteroatoms. The highest BCUT2D eigenvalue weighted by molar-refractivity contribution is 6.30. The Kier molecular flexibility index (Phi) is 13.9. The van der Waals surface area contributed by atoms with E-state index in [0.29, 0.717) is 0 Å². The Balaban J connectivity index is 0.655. The van der Waals surface area contributed by atoms with Crippen molar-refractivity contribution in [2.75, 3.05) is 0 Å². The minimum atomic E-state index is -0.195. The van der Waals surface area contributed by atoms with Gasteiger partial charge < -0.3 is 8.83 Å². The van der Waals surface area contributed by atoms with E-state index in [4.69, 9.17) is 8.83 Å². The predicted octanol–water partition coefficient (Wildman–Crippen LogP) is 33.3. The molecule has 22 aromatic carbocycles. The lowest BCUT2D eigenvalue weighted by molar-refractivity contribution is 0.656. The maximum Gasteiger partial charge on any atom is 0.143 e. The van der Waals surface area contributed by atoms with Crippen molar-refractivity contribution in [1.29, 1.82) is 0 Å². The number of rotatable bonds is 7. The molecule has 0 radical (unpaired) electrons. The van der Waals surface area contributed by atoms with E-state index in [-0.39, 0.29) is 10.8 Å². The van der Waals surface area contributed by atoms with Crippen LogP contribution < -0.4 is 0 Å². The van der Waals surface area contributed by atoms with E-state index in [0.717, 1.165) is 71.9 Å². The topological polar surface area (TPSA) is 26.3 Å². The molecule has 0 fully saturated rings. The van der Waals surface area contributed by atoms with Crippen LogP contribution in [0.4, 0.5) is 0 Å². The highest BCUT2D eigenvalue weighted by Gasteiger charge is 2.41. The van der Waals surface area contributed by atoms with Crippen molar-refractivity contribution in [2.24, 2.45) is 0 Å². The zero-order valence-corrected chi connectivity index (χ0v) is 66.6. The van der Waals surface area contributed by atoms with Gasteiger partial charge in [-0.1, -0.05) is 349 Å². The van der Waals surface area contributed by atoms with Gasteiger partial charge in [0.15, 0.2) is 0 Å². The fourth-order valence-electron chi connectivity index (χ4n) is 22.3. The normalized spacial score (nSPS) is 13.5. The molecule has 558 valence electrons. The second kappa shape index (κ2) is 24.8. The third-order valence-electron chi connectivity index (χ3n) is 27.8. The molecule has 0 aliphatic heterocycles. The monoisotopic (exact) mass is 1520 g/mol. The van der Waals surface area contributed by atoms with Crippen LogP contribution in [0.1, 0.15) is 49.9 Å². The van der Waals surface area contributed by atoms with Crippen LogP contribution in [-0.2, 0) is 10.8 Å². The van der Waals surface area contributed by atoms with E-state index in [1.54, 1.807) is 0 Å². The van der Waals surface area contributed by atoms with Crippen molar-refractivity contribution >= 4 is 152 Å². The van der Waals surface area contributed by atoms with Crippen molar-refractivity contribution in [1.82, 2.24) is 0 Å². The van der Waals surface area contributed by atoms with Gasteiger partial charge >= 0.3 is 0 Å². The Hall–Kier alpha value is -15.0. The number of furan rings is 2. The molecule has 2 heterocycles. The van der Waals surface area contributed by atoms with Crippen molar-refractivity contribution < 1.29 is 8.83 Å². The van der Waals surface area contributed by atoms with Crippen LogP contribution in [0.25, 0.3) is 252 Å². The first-order valence-electron chi connectivity index (χ1n) is 42.1. The summed E-state index contributed by atoms with van der Waals surface area (Å²) in [6, 6.07) is 142. The molecule has 2 aliphatic carbocycles. The van der Waals surface area contributed by atoms with Crippen molar-refractivity contribution in [3.8, 4) is 100 Å². The summed E-state index contributed by atoms with van der Waals surface area (Å²) in [5, 5.41) is 28.9. The van der Waals surface area contributed by atoms with Crippen molar-refractivity contribution in [2.45, 2.75) is 38.5 Å². The average Bonchev–Trinajstić information content (AvgIpc) is 1.35. The Morgan fingerprint density at radius 3 is 1.10 bits per heavy atom. The summed E-state index contributed by atoms with van der Waals surface area (Å²) in [5.41, 5.74) is 30.2. The van der Waals surface area contributed by atoms with E-state index in [1.807, 2.05) is 0 Å². The number of hydrogen-bond acceptors (Lipinski definition) is 2. The van der Waals surface area contributed by atoms with Gasteiger partial charge in [-0.3, -0.25) is 0 Å². The molecule has 0 spiro atoms. The maximum atomic E-state index is 7.21. The van der Waals surface area contributed by atoms with Crippen LogP contribution in [0.3, 0.4) is 0 Å². The summed E-state index contributed by atoms with van der Waals surface area (Å²) in [6.07, 6.45) is 0. The molecule has 2 aromatic heterocycles. The largest absolute Gasteiger partial charge is 0.456 e. The van der Waals surface area contributed by atoms with Gasteiger partial charge in [0.05, 0.1) is 0 Å². The fraction of sp³-hybridized carbons (Fsp3) is 0.0508. The van der Waals surface area contributed by atoms with Crippen LogP contribution in [0.2, 0.25) is 0 Å². The summed E-state index contributed by atoms with van der Waals surface area (Å²) in [6.45, 7) is 9.48. The van der Waals surface area contributed by atoms with Crippen LogP contribution >= 0.6 is 0 Å². The molecule has 0 amide bonds. The zero-order chi connectivity index (χ0) is 79.1. The molecular formula is C118H74O2. The van der Waals surface area contributed by atoms with Gasteiger partial charge in [0.25, 0.3) is 0 Å². The Morgan fingerprint density at radius 2 is 0.550 bits per heavy atom. The first-order valence-corrected chi connectivity index (χ1v) is 42.1. The number of hydrogen-bond donors (Lipinski definition) is 0. The van der Waals surface area contributed by atoms with Crippen LogP contribution in [-0.4, -0.2) is 0 Å². The smallest absolute Gasteiger partial charge is 0.143 e. The summed E-state index contributed by atoms with van der Waals surface area (Å²) in [4.78, 5) is 0. The summed E-state index contributed by atoms with van der Waals surface area (Å²) < 4.78 is 14.2. The average molecular weight is 1520 g/mol. The van der Waals surface area contributed by atoms with Gasteiger partial charge in [-0.25, -0.2) is 0 Å². The molecule has 24 aromatic rings. The van der Waals surface area contributed by atoms with E-state index >= 15 is 0 Å². The van der Waals surface area contributed by atoms with Crippen LogP contribution in [0.5, 0.6) is 0 Å². The molecule has 26 rings (SSSR count). The standard InChI is InChI=1S/C118H74O2/c1-117(2)102-59-60-105-114(112(102)101-63-70-26-5-6-27-71(70)64-104(101)117)97-51-47-75(66-107(97)119-105)79-54-56-93(84-36-16-14-34-82(79)84)109-89-38-18-20-40-91(89)111(87-42-22-29-68-24-8-11-31-77(68)87)100-62-73(45-50-95(100)109)72-44-49-94-99(61-72)110(86-41-21-28-67-23-7-10-30-76(67)86)90-39-19-17-37-88(90)108(94)92-55-53-78(81-33-13-15-35-83(81)92)74-46-48-85-96-57-58-103-113(116(96)120-106(85)65-74)98-52-43-69-25-9-12-32-80(69)115(98)118(103,3)4/h5-66H,1-4H3. The SMILES string of the molecule is CC1(C)c2cc3ccccc3cc2-c2c1ccc1oc3cc(-c4ccc(-c5c6ccccc6c(-c6cccc7ccccc67)c6cc(-c7ccc8c(-c9ccc(-c%10ccc%11c(c%10)oc%10c%12c(ccc%10%11)C(C)(C)c%10c-%12ccc%11ccccc%10%11)c%10ccccc9%10)c9ccccc9c(-c9cccc%10ccccc9%10)c8c7)ccc56)c5ccccc45)ccc3c21. The first-order chi connectivity index (χ1) is 59.0. The van der Waals surface area contributed by atoms with E-state index in [9.17, 15) is 0 Å². The Bertz CT molecular complexity index is 8420. The highest BCUT2D eigenvalue weighted by atomic mass is 16.3. The number of benzene rings is 22. The zero-order valence-electron chi connectivity index (χ0n) is 66.6. The predicted molar refractivity (Wildman–Crippen MR) is 509 cm³/mol. The Labute approximate surface area is 692 Å². The maximum absolute atomic E-state index is 7.21. The molecule has 0 N–H and O–H groups in total. The minimum absolute atomic E-state index is 0.165. The van der Waals surface area contributed by atoms with Gasteiger partial charge in [-0.15, -0.1) is 0 Å². The van der Waals surface area contributed by atoms with E-state index in [2.05, 4.69) is 404 Å². The highest BCUT2D eigenvalue weighted by Crippen LogP contribution is 2.59.